The van der Waals surface area contributed by atoms with Gasteiger partial charge in [-0.3, -0.25) is 9.59 Å². The second-order valence-electron chi connectivity index (χ2n) is 7.99. The van der Waals surface area contributed by atoms with Crippen molar-refractivity contribution in [1.82, 2.24) is 9.47 Å². The van der Waals surface area contributed by atoms with Gasteiger partial charge in [-0.05, 0) is 36.1 Å². The van der Waals surface area contributed by atoms with Gasteiger partial charge in [-0.1, -0.05) is 12.1 Å². The van der Waals surface area contributed by atoms with Crippen LogP contribution in [0.4, 0.5) is 13.2 Å². The van der Waals surface area contributed by atoms with E-state index in [0.717, 1.165) is 17.7 Å². The number of pyridine rings is 1. The number of amides is 1. The van der Waals surface area contributed by atoms with E-state index in [1.807, 2.05) is 4.90 Å². The van der Waals surface area contributed by atoms with Crippen molar-refractivity contribution in [1.29, 1.82) is 0 Å². The second kappa shape index (κ2) is 8.37. The number of carbonyl (C=O) groups is 1. The summed E-state index contributed by atoms with van der Waals surface area (Å²) in [6.07, 6.45) is -3.58. The Morgan fingerprint density at radius 1 is 1.10 bits per heavy atom. The number of ether oxygens (including phenoxy) is 2. The lowest BCUT2D eigenvalue weighted by Gasteiger charge is -2.43. The maximum atomic E-state index is 12.6. The van der Waals surface area contributed by atoms with Crippen LogP contribution in [0.5, 0.6) is 5.75 Å². The van der Waals surface area contributed by atoms with E-state index in [9.17, 15) is 22.8 Å². The molecule has 31 heavy (non-hydrogen) atoms. The summed E-state index contributed by atoms with van der Waals surface area (Å²) in [5, 5.41) is 0. The zero-order valence-corrected chi connectivity index (χ0v) is 17.0. The van der Waals surface area contributed by atoms with Gasteiger partial charge in [-0.15, -0.1) is 13.2 Å². The van der Waals surface area contributed by atoms with Crippen molar-refractivity contribution in [2.75, 3.05) is 26.8 Å². The quantitative estimate of drug-likeness (QED) is 0.721. The Kier molecular flexibility index (Phi) is 5.79. The van der Waals surface area contributed by atoms with E-state index >= 15 is 0 Å². The maximum absolute atomic E-state index is 12.6. The fraction of sp³-hybridized carbons (Fsp3) is 0.455. The summed E-state index contributed by atoms with van der Waals surface area (Å²) >= 11 is 0. The van der Waals surface area contributed by atoms with Crippen molar-refractivity contribution in [3.8, 4) is 16.9 Å². The molecule has 6 nitrogen and oxygen atoms in total. The number of halogens is 3. The summed E-state index contributed by atoms with van der Waals surface area (Å²) in [4.78, 5) is 26.9. The average molecular weight is 436 g/mol. The molecular formula is C22H23F3N2O4. The first-order valence-corrected chi connectivity index (χ1v) is 10.1. The number of likely N-dealkylation sites (tertiary alicyclic amines) is 1. The first kappa shape index (κ1) is 21.4. The molecule has 1 fully saturated rings. The molecule has 2 unspecified atom stereocenters. The van der Waals surface area contributed by atoms with Gasteiger partial charge in [0.05, 0.1) is 13.0 Å². The number of alkyl halides is 3. The zero-order valence-electron chi connectivity index (χ0n) is 17.0. The highest BCUT2D eigenvalue weighted by Crippen LogP contribution is 2.40. The molecule has 166 valence electrons. The first-order chi connectivity index (χ1) is 14.7. The lowest BCUT2D eigenvalue weighted by Crippen LogP contribution is -2.49. The first-order valence-electron chi connectivity index (χ1n) is 10.1. The standard InChI is InChI=1S/C22H23F3N2O4/c1-30-9-8-19(28)26-11-14-10-16(13-26)21-18(6-7-20(29)27(21)12-14)15-2-4-17(5-3-15)31-22(23,24)25/h2-7,14,16H,8-13H2,1H3. The molecule has 0 spiro atoms. The molecule has 0 aliphatic carbocycles. The molecule has 2 aromatic rings. The largest absolute Gasteiger partial charge is 0.573 e. The van der Waals surface area contributed by atoms with E-state index in [-0.39, 0.29) is 29.1 Å². The summed E-state index contributed by atoms with van der Waals surface area (Å²) in [5.41, 5.74) is 2.20. The summed E-state index contributed by atoms with van der Waals surface area (Å²) in [6, 6.07) is 8.83. The highest BCUT2D eigenvalue weighted by atomic mass is 19.4. The number of nitrogens with zero attached hydrogens (tertiary/aromatic N) is 2. The molecule has 2 bridgehead atoms. The number of carbonyl (C=O) groups excluding carboxylic acids is 1. The minimum absolute atomic E-state index is 0.0194. The predicted molar refractivity (Wildman–Crippen MR) is 107 cm³/mol. The Balaban J connectivity index is 1.66. The molecule has 0 saturated carbocycles. The monoisotopic (exact) mass is 436 g/mol. The molecule has 2 aliphatic heterocycles. The summed E-state index contributed by atoms with van der Waals surface area (Å²) < 4.78 is 48.1. The van der Waals surface area contributed by atoms with Gasteiger partial charge >= 0.3 is 6.36 Å². The molecule has 0 N–H and O–H groups in total. The van der Waals surface area contributed by atoms with Gasteiger partial charge in [0, 0.05) is 50.0 Å². The molecule has 9 heteroatoms. The van der Waals surface area contributed by atoms with E-state index in [1.165, 1.54) is 18.2 Å². The van der Waals surface area contributed by atoms with Gasteiger partial charge in [0.1, 0.15) is 5.75 Å². The van der Waals surface area contributed by atoms with Crippen LogP contribution in [-0.2, 0) is 16.1 Å². The minimum Gasteiger partial charge on any atom is -0.406 e. The normalized spacial score (nSPS) is 20.3. The van der Waals surface area contributed by atoms with Crippen LogP contribution >= 0.6 is 0 Å². The Labute approximate surface area is 177 Å². The fourth-order valence-corrected chi connectivity index (χ4v) is 4.65. The molecule has 1 aromatic carbocycles. The highest BCUT2D eigenvalue weighted by molar-refractivity contribution is 5.77. The van der Waals surface area contributed by atoms with Gasteiger partial charge in [0.25, 0.3) is 5.56 Å². The molecule has 1 amide bonds. The number of fused-ring (bicyclic) bond motifs is 4. The van der Waals surface area contributed by atoms with Gasteiger partial charge in [0.15, 0.2) is 0 Å². The Morgan fingerprint density at radius 3 is 2.52 bits per heavy atom. The number of aromatic nitrogens is 1. The van der Waals surface area contributed by atoms with E-state index in [4.69, 9.17) is 4.74 Å². The van der Waals surface area contributed by atoms with Crippen molar-refractivity contribution >= 4 is 5.91 Å². The van der Waals surface area contributed by atoms with E-state index in [2.05, 4.69) is 4.74 Å². The predicted octanol–water partition coefficient (Wildman–Crippen LogP) is 3.40. The average Bonchev–Trinajstić information content (AvgIpc) is 2.72. The van der Waals surface area contributed by atoms with Crippen LogP contribution in [0.15, 0.2) is 41.2 Å². The summed E-state index contributed by atoms with van der Waals surface area (Å²) in [6.45, 7) is 1.99. The Morgan fingerprint density at radius 2 is 1.84 bits per heavy atom. The van der Waals surface area contributed by atoms with Crippen molar-refractivity contribution in [3.63, 3.8) is 0 Å². The lowest BCUT2D eigenvalue weighted by molar-refractivity contribution is -0.274. The van der Waals surface area contributed by atoms with Crippen LogP contribution in [0.2, 0.25) is 0 Å². The van der Waals surface area contributed by atoms with Gasteiger partial charge in [-0.25, -0.2) is 0 Å². The third kappa shape index (κ3) is 4.61. The third-order valence-electron chi connectivity index (χ3n) is 5.86. The molecule has 3 heterocycles. The number of hydrogen-bond donors (Lipinski definition) is 0. The number of piperidine rings is 1. The van der Waals surface area contributed by atoms with Gasteiger partial charge < -0.3 is 18.9 Å². The lowest BCUT2D eigenvalue weighted by atomic mass is 9.80. The summed E-state index contributed by atoms with van der Waals surface area (Å²) in [5.74, 6) is -0.105. The molecule has 2 aliphatic rings. The number of rotatable bonds is 5. The molecule has 4 rings (SSSR count). The SMILES string of the molecule is COCCC(=O)N1CC2CC(C1)c1c(-c3ccc(OC(F)(F)F)cc3)ccc(=O)n1C2. The van der Waals surface area contributed by atoms with E-state index < -0.39 is 6.36 Å². The van der Waals surface area contributed by atoms with Crippen LogP contribution in [-0.4, -0.2) is 48.5 Å². The molecular weight excluding hydrogens is 413 g/mol. The second-order valence-corrected chi connectivity index (χ2v) is 7.99. The van der Waals surface area contributed by atoms with Crippen LogP contribution in [0.3, 0.4) is 0 Å². The molecule has 1 saturated heterocycles. The van der Waals surface area contributed by atoms with E-state index in [0.29, 0.717) is 38.2 Å². The molecule has 1 aromatic heterocycles. The van der Waals surface area contributed by atoms with Crippen molar-refractivity contribution in [2.45, 2.75) is 31.7 Å². The van der Waals surface area contributed by atoms with Crippen LogP contribution in [0, 0.1) is 5.92 Å². The van der Waals surface area contributed by atoms with Crippen LogP contribution in [0.1, 0.15) is 24.5 Å². The van der Waals surface area contributed by atoms with Crippen molar-refractivity contribution in [3.05, 3.63) is 52.4 Å². The van der Waals surface area contributed by atoms with E-state index in [1.54, 1.807) is 29.9 Å². The van der Waals surface area contributed by atoms with Crippen molar-refractivity contribution < 1.29 is 27.4 Å². The summed E-state index contributed by atoms with van der Waals surface area (Å²) in [7, 11) is 1.55. The smallest absolute Gasteiger partial charge is 0.406 e. The highest BCUT2D eigenvalue weighted by Gasteiger charge is 2.37. The fourth-order valence-electron chi connectivity index (χ4n) is 4.65. The molecule has 0 radical (unpaired) electrons. The Bertz CT molecular complexity index is 1020. The van der Waals surface area contributed by atoms with Crippen LogP contribution < -0.4 is 10.3 Å². The molecule has 2 atom stereocenters. The number of benzene rings is 1. The van der Waals surface area contributed by atoms with Crippen LogP contribution in [0.25, 0.3) is 11.1 Å². The zero-order chi connectivity index (χ0) is 22.2. The van der Waals surface area contributed by atoms with Gasteiger partial charge in [-0.2, -0.15) is 0 Å². The topological polar surface area (TPSA) is 60.8 Å². The number of hydrogen-bond acceptors (Lipinski definition) is 4. The minimum atomic E-state index is -4.75. The maximum Gasteiger partial charge on any atom is 0.573 e. The third-order valence-corrected chi connectivity index (χ3v) is 5.86. The van der Waals surface area contributed by atoms with Crippen molar-refractivity contribution in [2.24, 2.45) is 5.92 Å². The van der Waals surface area contributed by atoms with Gasteiger partial charge in [0.2, 0.25) is 5.91 Å². The Hall–Kier alpha value is -2.81. The number of methoxy groups -OCH3 is 1.